The van der Waals surface area contributed by atoms with Gasteiger partial charge in [0.25, 0.3) is 0 Å². The Morgan fingerprint density at radius 2 is 1.85 bits per heavy atom. The zero-order valence-electron chi connectivity index (χ0n) is 17.6. The summed E-state index contributed by atoms with van der Waals surface area (Å²) in [6.45, 7) is 3.86. The summed E-state index contributed by atoms with van der Waals surface area (Å²) in [6, 6.07) is 7.76. The summed E-state index contributed by atoms with van der Waals surface area (Å²) in [7, 11) is 0. The Morgan fingerprint density at radius 3 is 2.52 bits per heavy atom. The van der Waals surface area contributed by atoms with Crippen LogP contribution in [0.4, 0.5) is 30.6 Å². The van der Waals surface area contributed by atoms with Crippen LogP contribution in [0.1, 0.15) is 12.8 Å². The van der Waals surface area contributed by atoms with Gasteiger partial charge in [0.15, 0.2) is 5.82 Å². The van der Waals surface area contributed by atoms with Crippen molar-refractivity contribution in [1.82, 2.24) is 25.3 Å². The van der Waals surface area contributed by atoms with E-state index >= 15 is 0 Å². The number of hydrogen-bond acceptors (Lipinski definition) is 8. The first-order valence-corrected chi connectivity index (χ1v) is 10.6. The quantitative estimate of drug-likeness (QED) is 0.599. The highest BCUT2D eigenvalue weighted by Crippen LogP contribution is 2.37. The van der Waals surface area contributed by atoms with E-state index in [1.54, 1.807) is 24.5 Å². The molecule has 2 N–H and O–H groups in total. The van der Waals surface area contributed by atoms with Crippen molar-refractivity contribution in [2.75, 3.05) is 36.4 Å². The fourth-order valence-electron chi connectivity index (χ4n) is 4.13. The maximum Gasteiger partial charge on any atom is 0.573 e. The van der Waals surface area contributed by atoms with Gasteiger partial charge in [-0.15, -0.1) is 13.2 Å². The normalized spacial score (nSPS) is 17.5. The number of aromatic nitrogens is 4. The predicted molar refractivity (Wildman–Crippen MR) is 116 cm³/mol. The molecule has 8 nitrogen and oxygen atoms in total. The molecule has 11 heteroatoms. The highest BCUT2D eigenvalue weighted by molar-refractivity contribution is 5.64. The molecule has 0 aromatic carbocycles. The van der Waals surface area contributed by atoms with E-state index in [0.717, 1.165) is 56.5 Å². The van der Waals surface area contributed by atoms with Crippen LogP contribution >= 0.6 is 0 Å². The van der Waals surface area contributed by atoms with E-state index in [1.165, 1.54) is 12.3 Å². The van der Waals surface area contributed by atoms with Crippen LogP contribution in [0.2, 0.25) is 0 Å². The van der Waals surface area contributed by atoms with Crippen molar-refractivity contribution in [3.63, 3.8) is 0 Å². The fraction of sp³-hybridized carbons (Fsp3) is 0.364. The smallest absolute Gasteiger partial charge is 0.406 e. The minimum atomic E-state index is -4.78. The topological polar surface area (TPSA) is 88.1 Å². The van der Waals surface area contributed by atoms with Gasteiger partial charge in [-0.25, -0.2) is 15.0 Å². The van der Waals surface area contributed by atoms with Gasteiger partial charge in [0.1, 0.15) is 23.2 Å². The molecule has 0 radical (unpaired) electrons. The molecule has 2 fully saturated rings. The van der Waals surface area contributed by atoms with Gasteiger partial charge < -0.3 is 20.3 Å². The molecule has 2 aliphatic heterocycles. The molecule has 172 valence electrons. The summed E-state index contributed by atoms with van der Waals surface area (Å²) >= 11 is 0. The van der Waals surface area contributed by atoms with Crippen molar-refractivity contribution < 1.29 is 17.9 Å². The molecule has 0 atom stereocenters. The van der Waals surface area contributed by atoms with Crippen LogP contribution in [0, 0.1) is 5.41 Å². The maximum atomic E-state index is 12.6. The van der Waals surface area contributed by atoms with E-state index in [2.05, 4.69) is 35.2 Å². The van der Waals surface area contributed by atoms with Gasteiger partial charge >= 0.3 is 6.36 Å². The van der Waals surface area contributed by atoms with Crippen LogP contribution in [0.25, 0.3) is 11.4 Å². The van der Waals surface area contributed by atoms with Gasteiger partial charge in [-0.3, -0.25) is 4.98 Å². The van der Waals surface area contributed by atoms with E-state index in [0.29, 0.717) is 17.1 Å². The molecular weight excluding hydrogens is 435 g/mol. The summed E-state index contributed by atoms with van der Waals surface area (Å²) in [4.78, 5) is 19.8. The Kier molecular flexibility index (Phi) is 5.49. The molecule has 3 aromatic rings. The first-order chi connectivity index (χ1) is 15.9. The molecule has 0 unspecified atom stereocenters. The molecule has 0 aliphatic carbocycles. The molecule has 0 saturated carbocycles. The molecule has 33 heavy (non-hydrogen) atoms. The van der Waals surface area contributed by atoms with Gasteiger partial charge in [0, 0.05) is 62.5 Å². The Labute approximate surface area is 188 Å². The minimum Gasteiger partial charge on any atom is -0.406 e. The maximum absolute atomic E-state index is 12.6. The number of rotatable bonds is 5. The predicted octanol–water partition coefficient (Wildman–Crippen LogP) is 3.77. The second-order valence-corrected chi connectivity index (χ2v) is 8.32. The fourth-order valence-corrected chi connectivity index (χ4v) is 4.13. The van der Waals surface area contributed by atoms with E-state index in [9.17, 15) is 13.2 Å². The lowest BCUT2D eigenvalue weighted by molar-refractivity contribution is -0.274. The van der Waals surface area contributed by atoms with Crippen LogP contribution in [0.15, 0.2) is 48.9 Å². The van der Waals surface area contributed by atoms with Gasteiger partial charge in [0.05, 0.1) is 0 Å². The number of nitrogens with one attached hydrogen (secondary N) is 2. The van der Waals surface area contributed by atoms with Crippen molar-refractivity contribution in [2.45, 2.75) is 19.2 Å². The summed E-state index contributed by atoms with van der Waals surface area (Å²) in [5, 5.41) is 6.35. The molecule has 2 aliphatic rings. The summed E-state index contributed by atoms with van der Waals surface area (Å²) < 4.78 is 41.7. The zero-order chi connectivity index (χ0) is 22.9. The Bertz CT molecular complexity index is 1110. The Morgan fingerprint density at radius 1 is 1.03 bits per heavy atom. The lowest BCUT2D eigenvalue weighted by Gasteiger charge is -2.48. The lowest BCUT2D eigenvalue weighted by Crippen LogP contribution is -2.58. The number of anilines is 3. The molecule has 5 heterocycles. The highest BCUT2D eigenvalue weighted by Gasteiger charge is 2.40. The standard InChI is InChI=1S/C22H22F3N7O/c23-22(24,25)33-16-3-7-28-17(10-16)29-18-11-19(31-20(30-18)15-2-1-6-26-12-15)32-8-4-21(5-9-32)13-27-14-21/h1-3,6-7,10-12,27H,4-5,8-9,13-14H2,(H,28,29,30,31). The van der Waals surface area contributed by atoms with Crippen molar-refractivity contribution in [2.24, 2.45) is 5.41 Å². The van der Waals surface area contributed by atoms with Gasteiger partial charge in [-0.1, -0.05) is 0 Å². The van der Waals surface area contributed by atoms with E-state index < -0.39 is 6.36 Å². The number of nitrogens with zero attached hydrogens (tertiary/aromatic N) is 5. The van der Waals surface area contributed by atoms with Crippen molar-refractivity contribution >= 4 is 17.5 Å². The zero-order valence-corrected chi connectivity index (χ0v) is 17.6. The van der Waals surface area contributed by atoms with Crippen molar-refractivity contribution in [1.29, 1.82) is 0 Å². The minimum absolute atomic E-state index is 0.177. The first kappa shape index (κ1) is 21.4. The Hall–Kier alpha value is -3.47. The third-order valence-electron chi connectivity index (χ3n) is 6.00. The Balaban J connectivity index is 1.43. The number of alkyl halides is 3. The molecule has 3 aromatic heterocycles. The van der Waals surface area contributed by atoms with Crippen LogP contribution in [0.3, 0.4) is 0 Å². The lowest BCUT2D eigenvalue weighted by atomic mass is 9.73. The van der Waals surface area contributed by atoms with Gasteiger partial charge in [-0.2, -0.15) is 0 Å². The van der Waals surface area contributed by atoms with Crippen LogP contribution in [-0.4, -0.2) is 52.5 Å². The number of hydrogen-bond donors (Lipinski definition) is 2. The number of pyridine rings is 2. The van der Waals surface area contributed by atoms with Crippen LogP contribution < -0.4 is 20.3 Å². The molecular formula is C22H22F3N7O. The second kappa shape index (κ2) is 8.47. The third-order valence-corrected chi connectivity index (χ3v) is 6.00. The molecule has 1 spiro atoms. The van der Waals surface area contributed by atoms with Crippen molar-refractivity contribution in [3.05, 3.63) is 48.9 Å². The average Bonchev–Trinajstić information content (AvgIpc) is 2.78. The van der Waals surface area contributed by atoms with Gasteiger partial charge in [0.2, 0.25) is 0 Å². The average molecular weight is 457 g/mol. The SMILES string of the molecule is FC(F)(F)Oc1ccnc(Nc2cc(N3CCC4(CC3)CNC4)nc(-c3cccnc3)n2)c1. The number of ether oxygens (including phenoxy) is 1. The summed E-state index contributed by atoms with van der Waals surface area (Å²) in [5.74, 6) is 1.45. The third kappa shape index (κ3) is 4.98. The number of halogens is 3. The van der Waals surface area contributed by atoms with Crippen molar-refractivity contribution in [3.8, 4) is 17.1 Å². The molecule has 0 bridgehead atoms. The largest absolute Gasteiger partial charge is 0.573 e. The van der Waals surface area contributed by atoms with E-state index in [1.807, 2.05) is 6.07 Å². The van der Waals surface area contributed by atoms with E-state index in [4.69, 9.17) is 4.98 Å². The van der Waals surface area contributed by atoms with Gasteiger partial charge in [-0.05, 0) is 36.5 Å². The summed E-state index contributed by atoms with van der Waals surface area (Å²) in [6.07, 6.45) is 1.95. The van der Waals surface area contributed by atoms with Crippen LogP contribution in [-0.2, 0) is 0 Å². The molecule has 2 saturated heterocycles. The van der Waals surface area contributed by atoms with Crippen LogP contribution in [0.5, 0.6) is 5.75 Å². The molecule has 0 amide bonds. The summed E-state index contributed by atoms with van der Waals surface area (Å²) in [5.41, 5.74) is 1.13. The second-order valence-electron chi connectivity index (χ2n) is 8.32. The highest BCUT2D eigenvalue weighted by atomic mass is 19.4. The monoisotopic (exact) mass is 457 g/mol. The first-order valence-electron chi connectivity index (χ1n) is 10.6. The van der Waals surface area contributed by atoms with E-state index in [-0.39, 0.29) is 11.6 Å². The molecule has 5 rings (SSSR count). The number of piperidine rings is 1.